The SMILES string of the molecule is Clc1ccc(Cl)c(COc2ccc(CNC3CC3)nc2)c1. The summed E-state index contributed by atoms with van der Waals surface area (Å²) in [6.45, 7) is 1.19. The maximum atomic E-state index is 6.10. The van der Waals surface area contributed by atoms with E-state index >= 15 is 0 Å². The van der Waals surface area contributed by atoms with Crippen LogP contribution in [0.4, 0.5) is 0 Å². The summed E-state index contributed by atoms with van der Waals surface area (Å²) in [5, 5.41) is 4.73. The number of hydrogen-bond donors (Lipinski definition) is 1. The predicted molar refractivity (Wildman–Crippen MR) is 84.9 cm³/mol. The zero-order valence-electron chi connectivity index (χ0n) is 11.5. The highest BCUT2D eigenvalue weighted by atomic mass is 35.5. The smallest absolute Gasteiger partial charge is 0.138 e. The predicted octanol–water partition coefficient (Wildman–Crippen LogP) is 4.22. The van der Waals surface area contributed by atoms with Crippen molar-refractivity contribution < 1.29 is 4.74 Å². The number of nitrogens with one attached hydrogen (secondary N) is 1. The first-order valence-corrected chi connectivity index (χ1v) is 7.71. The average Bonchev–Trinajstić information content (AvgIpc) is 3.31. The van der Waals surface area contributed by atoms with Crippen LogP contribution in [0.3, 0.4) is 0 Å². The first-order chi connectivity index (χ1) is 10.2. The molecule has 0 radical (unpaired) electrons. The molecule has 0 amide bonds. The molecule has 1 aliphatic rings. The van der Waals surface area contributed by atoms with Gasteiger partial charge in [0, 0.05) is 28.2 Å². The molecule has 1 aromatic heterocycles. The van der Waals surface area contributed by atoms with E-state index in [1.165, 1.54) is 12.8 Å². The Morgan fingerprint density at radius 2 is 2.05 bits per heavy atom. The number of rotatable bonds is 6. The van der Waals surface area contributed by atoms with Gasteiger partial charge in [-0.2, -0.15) is 0 Å². The number of halogens is 2. The highest BCUT2D eigenvalue weighted by Crippen LogP contribution is 2.22. The van der Waals surface area contributed by atoms with Crippen LogP contribution in [0.15, 0.2) is 36.5 Å². The van der Waals surface area contributed by atoms with Crippen molar-refractivity contribution >= 4 is 23.2 Å². The van der Waals surface area contributed by atoms with Crippen molar-refractivity contribution in [3.63, 3.8) is 0 Å². The van der Waals surface area contributed by atoms with E-state index in [1.807, 2.05) is 18.2 Å². The van der Waals surface area contributed by atoms with Crippen molar-refractivity contribution in [3.05, 3.63) is 57.8 Å². The van der Waals surface area contributed by atoms with Gasteiger partial charge in [-0.3, -0.25) is 4.98 Å². The van der Waals surface area contributed by atoms with E-state index < -0.39 is 0 Å². The van der Waals surface area contributed by atoms with Gasteiger partial charge in [-0.25, -0.2) is 0 Å². The molecule has 21 heavy (non-hydrogen) atoms. The summed E-state index contributed by atoms with van der Waals surface area (Å²) in [5.41, 5.74) is 1.89. The Morgan fingerprint density at radius 1 is 1.19 bits per heavy atom. The molecule has 0 spiro atoms. The van der Waals surface area contributed by atoms with Crippen LogP contribution in [0.2, 0.25) is 10.0 Å². The zero-order chi connectivity index (χ0) is 14.7. The van der Waals surface area contributed by atoms with Crippen molar-refractivity contribution in [2.24, 2.45) is 0 Å². The third-order valence-electron chi connectivity index (χ3n) is 3.35. The molecule has 0 bridgehead atoms. The molecule has 0 unspecified atom stereocenters. The van der Waals surface area contributed by atoms with Crippen molar-refractivity contribution in [3.8, 4) is 5.75 Å². The Morgan fingerprint density at radius 3 is 2.76 bits per heavy atom. The lowest BCUT2D eigenvalue weighted by molar-refractivity contribution is 0.305. The monoisotopic (exact) mass is 322 g/mol. The van der Waals surface area contributed by atoms with Crippen LogP contribution in [-0.2, 0) is 13.2 Å². The van der Waals surface area contributed by atoms with Gasteiger partial charge in [-0.15, -0.1) is 0 Å². The van der Waals surface area contributed by atoms with E-state index in [-0.39, 0.29) is 0 Å². The van der Waals surface area contributed by atoms with E-state index in [0.29, 0.717) is 22.7 Å². The zero-order valence-corrected chi connectivity index (χ0v) is 13.0. The van der Waals surface area contributed by atoms with Crippen molar-refractivity contribution in [2.45, 2.75) is 32.0 Å². The van der Waals surface area contributed by atoms with Crippen LogP contribution in [-0.4, -0.2) is 11.0 Å². The van der Waals surface area contributed by atoms with Crippen LogP contribution in [0.1, 0.15) is 24.1 Å². The minimum absolute atomic E-state index is 0.376. The third kappa shape index (κ3) is 4.34. The topological polar surface area (TPSA) is 34.1 Å². The highest BCUT2D eigenvalue weighted by molar-refractivity contribution is 6.33. The van der Waals surface area contributed by atoms with Gasteiger partial charge in [0.1, 0.15) is 12.4 Å². The normalized spacial score (nSPS) is 14.2. The number of nitrogens with zero attached hydrogens (tertiary/aromatic N) is 1. The summed E-state index contributed by atoms with van der Waals surface area (Å²) in [6, 6.07) is 9.93. The molecule has 0 aliphatic heterocycles. The lowest BCUT2D eigenvalue weighted by atomic mass is 10.2. The van der Waals surface area contributed by atoms with Gasteiger partial charge in [-0.1, -0.05) is 23.2 Å². The average molecular weight is 323 g/mol. The van der Waals surface area contributed by atoms with Crippen molar-refractivity contribution in [1.29, 1.82) is 0 Å². The molecule has 0 saturated heterocycles. The van der Waals surface area contributed by atoms with Crippen LogP contribution in [0.5, 0.6) is 5.75 Å². The van der Waals surface area contributed by atoms with Gasteiger partial charge < -0.3 is 10.1 Å². The second-order valence-corrected chi connectivity index (χ2v) is 6.01. The van der Waals surface area contributed by atoms with Crippen LogP contribution in [0.25, 0.3) is 0 Å². The van der Waals surface area contributed by atoms with E-state index in [1.54, 1.807) is 18.3 Å². The Hall–Kier alpha value is -1.29. The molecule has 1 N–H and O–H groups in total. The van der Waals surface area contributed by atoms with E-state index in [9.17, 15) is 0 Å². The Labute approximate surface area is 134 Å². The minimum Gasteiger partial charge on any atom is -0.487 e. The molecule has 2 aromatic rings. The summed E-state index contributed by atoms with van der Waals surface area (Å²) < 4.78 is 5.69. The fourth-order valence-corrected chi connectivity index (χ4v) is 2.32. The van der Waals surface area contributed by atoms with Crippen LogP contribution >= 0.6 is 23.2 Å². The number of ether oxygens (including phenoxy) is 1. The fraction of sp³-hybridized carbons (Fsp3) is 0.312. The van der Waals surface area contributed by atoms with E-state index in [4.69, 9.17) is 27.9 Å². The maximum absolute atomic E-state index is 6.10. The molecule has 1 saturated carbocycles. The lowest BCUT2D eigenvalue weighted by Crippen LogP contribution is -2.16. The standard InChI is InChI=1S/C16H16Cl2N2O/c17-12-1-6-16(18)11(7-12)10-21-15-5-4-14(20-9-15)8-19-13-2-3-13/h1,4-7,9,13,19H,2-3,8,10H2. The number of pyridine rings is 1. The Kier molecular flexibility index (Phi) is 4.63. The lowest BCUT2D eigenvalue weighted by Gasteiger charge is -2.09. The fourth-order valence-electron chi connectivity index (χ4n) is 1.95. The first-order valence-electron chi connectivity index (χ1n) is 6.96. The quantitative estimate of drug-likeness (QED) is 0.864. The van der Waals surface area contributed by atoms with E-state index in [0.717, 1.165) is 23.6 Å². The Bertz CT molecular complexity index is 612. The summed E-state index contributed by atoms with van der Waals surface area (Å²) >= 11 is 12.1. The largest absolute Gasteiger partial charge is 0.487 e. The maximum Gasteiger partial charge on any atom is 0.138 e. The minimum atomic E-state index is 0.376. The molecule has 1 aliphatic carbocycles. The molecule has 3 rings (SSSR count). The molecule has 0 atom stereocenters. The number of aromatic nitrogens is 1. The molecule has 1 heterocycles. The van der Waals surface area contributed by atoms with Crippen molar-refractivity contribution in [2.75, 3.05) is 0 Å². The molecule has 5 heteroatoms. The first kappa shape index (κ1) is 14.6. The number of benzene rings is 1. The summed E-state index contributed by atoms with van der Waals surface area (Å²) in [5.74, 6) is 0.723. The van der Waals surface area contributed by atoms with Crippen LogP contribution in [0, 0.1) is 0 Å². The molecule has 110 valence electrons. The highest BCUT2D eigenvalue weighted by Gasteiger charge is 2.20. The van der Waals surface area contributed by atoms with Gasteiger partial charge in [-0.05, 0) is 43.2 Å². The second-order valence-electron chi connectivity index (χ2n) is 5.16. The van der Waals surface area contributed by atoms with E-state index in [2.05, 4.69) is 10.3 Å². The number of hydrogen-bond acceptors (Lipinski definition) is 3. The second kappa shape index (κ2) is 6.65. The molecule has 1 aromatic carbocycles. The third-order valence-corrected chi connectivity index (χ3v) is 3.95. The molecule has 1 fully saturated rings. The Balaban J connectivity index is 1.55. The summed E-state index contributed by atoms with van der Waals surface area (Å²) in [7, 11) is 0. The van der Waals surface area contributed by atoms with Gasteiger partial charge in [0.25, 0.3) is 0 Å². The van der Waals surface area contributed by atoms with Crippen LogP contribution < -0.4 is 10.1 Å². The summed E-state index contributed by atoms with van der Waals surface area (Å²) in [6.07, 6.45) is 4.30. The molecule has 3 nitrogen and oxygen atoms in total. The van der Waals surface area contributed by atoms with Gasteiger partial charge in [0.15, 0.2) is 0 Å². The van der Waals surface area contributed by atoms with Crippen molar-refractivity contribution in [1.82, 2.24) is 10.3 Å². The van der Waals surface area contributed by atoms with Gasteiger partial charge in [0.2, 0.25) is 0 Å². The van der Waals surface area contributed by atoms with Gasteiger partial charge in [0.05, 0.1) is 11.9 Å². The molecular weight excluding hydrogens is 307 g/mol. The summed E-state index contributed by atoms with van der Waals surface area (Å²) in [4.78, 5) is 4.38. The van der Waals surface area contributed by atoms with Gasteiger partial charge >= 0.3 is 0 Å². The molecular formula is C16H16Cl2N2O.